The predicted molar refractivity (Wildman–Crippen MR) is 87.8 cm³/mol. The molecule has 1 aliphatic heterocycles. The molecule has 21 heavy (non-hydrogen) atoms. The summed E-state index contributed by atoms with van der Waals surface area (Å²) in [5, 5.41) is 0. The van der Waals surface area contributed by atoms with E-state index in [-0.39, 0.29) is 5.91 Å². The lowest BCUT2D eigenvalue weighted by molar-refractivity contribution is 0.0984. The van der Waals surface area contributed by atoms with E-state index in [1.165, 1.54) is 37.9 Å². The highest BCUT2D eigenvalue weighted by Crippen LogP contribution is 2.13. The summed E-state index contributed by atoms with van der Waals surface area (Å²) >= 11 is 1.49. The number of hydrogen-bond acceptors (Lipinski definition) is 4. The van der Waals surface area contributed by atoms with E-state index < -0.39 is 0 Å². The Balaban J connectivity index is 1.67. The highest BCUT2D eigenvalue weighted by molar-refractivity contribution is 7.97. The third-order valence-electron chi connectivity index (χ3n) is 3.46. The van der Waals surface area contributed by atoms with Crippen LogP contribution >= 0.6 is 11.9 Å². The first-order valence-electron chi connectivity index (χ1n) is 7.67. The van der Waals surface area contributed by atoms with Crippen molar-refractivity contribution in [3.8, 4) is 5.75 Å². The maximum absolute atomic E-state index is 12.0. The SMILES string of the molecule is CCCOc1ccc(C(=O)NSCCN2CCCC2)cc1. The van der Waals surface area contributed by atoms with Gasteiger partial charge in [-0.1, -0.05) is 6.92 Å². The van der Waals surface area contributed by atoms with Crippen molar-refractivity contribution in [1.29, 1.82) is 0 Å². The molecule has 0 unspecified atom stereocenters. The summed E-state index contributed by atoms with van der Waals surface area (Å²) in [6.45, 7) is 6.23. The van der Waals surface area contributed by atoms with Gasteiger partial charge in [0.2, 0.25) is 0 Å². The average molecular weight is 308 g/mol. The van der Waals surface area contributed by atoms with Gasteiger partial charge in [-0.3, -0.25) is 9.52 Å². The maximum Gasteiger partial charge on any atom is 0.261 e. The summed E-state index contributed by atoms with van der Waals surface area (Å²) < 4.78 is 8.40. The molecule has 0 aliphatic carbocycles. The molecule has 1 fully saturated rings. The smallest absolute Gasteiger partial charge is 0.261 e. The van der Waals surface area contributed by atoms with E-state index in [4.69, 9.17) is 4.74 Å². The topological polar surface area (TPSA) is 41.6 Å². The second-order valence-electron chi connectivity index (χ2n) is 5.20. The fourth-order valence-corrected chi connectivity index (χ4v) is 2.98. The number of ether oxygens (including phenoxy) is 1. The molecule has 2 rings (SSSR count). The number of nitrogens with zero attached hydrogens (tertiary/aromatic N) is 1. The molecule has 0 radical (unpaired) electrons. The minimum Gasteiger partial charge on any atom is -0.494 e. The van der Waals surface area contributed by atoms with Gasteiger partial charge in [0.05, 0.1) is 6.61 Å². The van der Waals surface area contributed by atoms with Gasteiger partial charge < -0.3 is 9.64 Å². The van der Waals surface area contributed by atoms with E-state index in [0.29, 0.717) is 12.2 Å². The van der Waals surface area contributed by atoms with Crippen LogP contribution in [-0.4, -0.2) is 42.8 Å². The molecule has 0 spiro atoms. The van der Waals surface area contributed by atoms with Crippen molar-refractivity contribution >= 4 is 17.9 Å². The molecule has 0 aromatic heterocycles. The fraction of sp³-hybridized carbons (Fsp3) is 0.562. The summed E-state index contributed by atoms with van der Waals surface area (Å²) in [5.41, 5.74) is 0.674. The van der Waals surface area contributed by atoms with Gasteiger partial charge >= 0.3 is 0 Å². The molecular weight excluding hydrogens is 284 g/mol. The maximum atomic E-state index is 12.0. The van der Waals surface area contributed by atoms with Crippen molar-refractivity contribution in [2.75, 3.05) is 32.0 Å². The Bertz CT molecular complexity index is 430. The van der Waals surface area contributed by atoms with Crippen molar-refractivity contribution in [3.63, 3.8) is 0 Å². The van der Waals surface area contributed by atoms with E-state index in [9.17, 15) is 4.79 Å². The highest BCUT2D eigenvalue weighted by Gasteiger charge is 2.11. The summed E-state index contributed by atoms with van der Waals surface area (Å²) in [5.74, 6) is 1.71. The van der Waals surface area contributed by atoms with Crippen LogP contribution in [0.25, 0.3) is 0 Å². The minimum atomic E-state index is -0.0385. The van der Waals surface area contributed by atoms with Crippen LogP contribution in [0.15, 0.2) is 24.3 Å². The molecule has 1 aromatic carbocycles. The monoisotopic (exact) mass is 308 g/mol. The van der Waals surface area contributed by atoms with Gasteiger partial charge in [-0.05, 0) is 68.6 Å². The zero-order valence-electron chi connectivity index (χ0n) is 12.6. The van der Waals surface area contributed by atoms with Crippen molar-refractivity contribution in [2.45, 2.75) is 26.2 Å². The van der Waals surface area contributed by atoms with Gasteiger partial charge in [0.25, 0.3) is 5.91 Å². The number of hydrogen-bond donors (Lipinski definition) is 1. The van der Waals surface area contributed by atoms with E-state index in [1.54, 1.807) is 12.1 Å². The van der Waals surface area contributed by atoms with Gasteiger partial charge in [0.15, 0.2) is 0 Å². The van der Waals surface area contributed by atoms with Crippen LogP contribution in [-0.2, 0) is 0 Å². The van der Waals surface area contributed by atoms with Crippen molar-refractivity contribution in [3.05, 3.63) is 29.8 Å². The molecule has 1 aliphatic rings. The molecule has 0 saturated carbocycles. The number of carbonyl (C=O) groups excluding carboxylic acids is 1. The first-order chi connectivity index (χ1) is 10.3. The molecular formula is C16H24N2O2S. The lowest BCUT2D eigenvalue weighted by Gasteiger charge is -2.13. The van der Waals surface area contributed by atoms with Gasteiger partial charge in [-0.2, -0.15) is 0 Å². The Morgan fingerprint density at radius 3 is 2.67 bits per heavy atom. The van der Waals surface area contributed by atoms with Gasteiger partial charge in [0.1, 0.15) is 5.75 Å². The van der Waals surface area contributed by atoms with Crippen LogP contribution in [0, 0.1) is 0 Å². The zero-order chi connectivity index (χ0) is 14.9. The first kappa shape index (κ1) is 16.2. The van der Waals surface area contributed by atoms with Gasteiger partial charge in [0, 0.05) is 17.9 Å². The van der Waals surface area contributed by atoms with Gasteiger partial charge in [-0.15, -0.1) is 0 Å². The molecule has 1 amide bonds. The van der Waals surface area contributed by atoms with Crippen LogP contribution in [0.1, 0.15) is 36.5 Å². The zero-order valence-corrected chi connectivity index (χ0v) is 13.5. The van der Waals surface area contributed by atoms with Crippen LogP contribution in [0.4, 0.5) is 0 Å². The Labute approximate surface area is 131 Å². The largest absolute Gasteiger partial charge is 0.494 e. The van der Waals surface area contributed by atoms with Crippen molar-refractivity contribution in [2.24, 2.45) is 0 Å². The predicted octanol–water partition coefficient (Wildman–Crippen LogP) is 2.95. The molecule has 1 aromatic rings. The molecule has 4 nitrogen and oxygen atoms in total. The molecule has 0 bridgehead atoms. The Morgan fingerprint density at radius 1 is 1.29 bits per heavy atom. The number of likely N-dealkylation sites (tertiary alicyclic amines) is 1. The normalized spacial score (nSPS) is 15.1. The fourth-order valence-electron chi connectivity index (χ4n) is 2.28. The number of amides is 1. The molecule has 1 saturated heterocycles. The number of rotatable bonds is 8. The third kappa shape index (κ3) is 5.59. The Hall–Kier alpha value is -1.20. The van der Waals surface area contributed by atoms with E-state index in [0.717, 1.165) is 24.5 Å². The quantitative estimate of drug-likeness (QED) is 0.592. The molecule has 5 heteroatoms. The first-order valence-corrected chi connectivity index (χ1v) is 8.65. The van der Waals surface area contributed by atoms with E-state index in [2.05, 4.69) is 16.5 Å². The lowest BCUT2D eigenvalue weighted by Crippen LogP contribution is -2.24. The van der Waals surface area contributed by atoms with Crippen LogP contribution in [0.3, 0.4) is 0 Å². The van der Waals surface area contributed by atoms with Crippen molar-refractivity contribution in [1.82, 2.24) is 9.62 Å². The number of benzene rings is 1. The highest BCUT2D eigenvalue weighted by atomic mass is 32.2. The Kier molecular flexibility index (Phi) is 6.89. The summed E-state index contributed by atoms with van der Waals surface area (Å²) in [7, 11) is 0. The standard InChI is InChI=1S/C16H24N2O2S/c1-2-12-20-15-7-5-14(6-8-15)16(19)17-21-13-11-18-9-3-4-10-18/h5-8H,2-4,9-13H2,1H3,(H,17,19). The number of carbonyl (C=O) groups is 1. The molecule has 116 valence electrons. The minimum absolute atomic E-state index is 0.0385. The second-order valence-corrected chi connectivity index (χ2v) is 6.10. The summed E-state index contributed by atoms with van der Waals surface area (Å²) in [6, 6.07) is 7.31. The molecule has 1 N–H and O–H groups in total. The Morgan fingerprint density at radius 2 is 2.00 bits per heavy atom. The van der Waals surface area contributed by atoms with Crippen LogP contribution in [0.5, 0.6) is 5.75 Å². The average Bonchev–Trinajstić information content (AvgIpc) is 3.03. The number of nitrogens with one attached hydrogen (secondary N) is 1. The lowest BCUT2D eigenvalue weighted by atomic mass is 10.2. The van der Waals surface area contributed by atoms with Crippen LogP contribution in [0.2, 0.25) is 0 Å². The van der Waals surface area contributed by atoms with E-state index in [1.807, 2.05) is 12.1 Å². The third-order valence-corrected chi connectivity index (χ3v) is 4.18. The molecule has 1 heterocycles. The summed E-state index contributed by atoms with van der Waals surface area (Å²) in [6.07, 6.45) is 3.60. The summed E-state index contributed by atoms with van der Waals surface area (Å²) in [4.78, 5) is 14.4. The van der Waals surface area contributed by atoms with Gasteiger partial charge in [-0.25, -0.2) is 0 Å². The second kappa shape index (κ2) is 8.95. The van der Waals surface area contributed by atoms with E-state index >= 15 is 0 Å². The van der Waals surface area contributed by atoms with Crippen molar-refractivity contribution < 1.29 is 9.53 Å². The molecule has 0 atom stereocenters. The van der Waals surface area contributed by atoms with Crippen LogP contribution < -0.4 is 9.46 Å².